The molecule has 2 aromatic heterocycles. The highest BCUT2D eigenvalue weighted by atomic mass is 32.2. The third-order valence-corrected chi connectivity index (χ3v) is 8.71. The maximum absolute atomic E-state index is 12.8. The Balaban J connectivity index is 1.21. The second kappa shape index (κ2) is 9.92. The zero-order valence-corrected chi connectivity index (χ0v) is 20.9. The highest BCUT2D eigenvalue weighted by molar-refractivity contribution is 7.99. The van der Waals surface area contributed by atoms with Gasteiger partial charge in [0.2, 0.25) is 5.91 Å². The fraction of sp³-hybridized carbons (Fsp3) is 0.440. The van der Waals surface area contributed by atoms with E-state index in [2.05, 4.69) is 15.3 Å². The van der Waals surface area contributed by atoms with Gasteiger partial charge in [0.1, 0.15) is 10.7 Å². The number of likely N-dealkylation sites (tertiary alicyclic amines) is 1. The molecule has 1 fully saturated rings. The lowest BCUT2D eigenvalue weighted by Gasteiger charge is -2.18. The van der Waals surface area contributed by atoms with E-state index in [-0.39, 0.29) is 23.1 Å². The van der Waals surface area contributed by atoms with Crippen LogP contribution in [0.2, 0.25) is 0 Å². The molecule has 0 bridgehead atoms. The van der Waals surface area contributed by atoms with E-state index < -0.39 is 0 Å². The van der Waals surface area contributed by atoms with Gasteiger partial charge in [-0.1, -0.05) is 6.07 Å². The van der Waals surface area contributed by atoms with Crippen LogP contribution >= 0.6 is 23.1 Å². The number of benzene rings is 1. The van der Waals surface area contributed by atoms with Crippen LogP contribution in [-0.4, -0.2) is 45.5 Å². The normalized spacial score (nSPS) is 15.5. The van der Waals surface area contributed by atoms with Crippen molar-refractivity contribution in [2.75, 3.05) is 24.2 Å². The van der Waals surface area contributed by atoms with Gasteiger partial charge in [0.25, 0.3) is 11.5 Å². The lowest BCUT2D eigenvalue weighted by molar-refractivity contribution is -0.113. The summed E-state index contributed by atoms with van der Waals surface area (Å²) in [6, 6.07) is 5.45. The van der Waals surface area contributed by atoms with E-state index in [4.69, 9.17) is 0 Å². The average molecular weight is 497 g/mol. The van der Waals surface area contributed by atoms with Crippen molar-refractivity contribution in [2.45, 2.75) is 51.2 Å². The summed E-state index contributed by atoms with van der Waals surface area (Å²) in [5, 5.41) is 3.69. The molecule has 178 valence electrons. The molecule has 5 rings (SSSR count). The van der Waals surface area contributed by atoms with Gasteiger partial charge in [-0.25, -0.2) is 4.98 Å². The van der Waals surface area contributed by atoms with Crippen LogP contribution in [0.3, 0.4) is 0 Å². The fourth-order valence-corrected chi connectivity index (χ4v) is 6.77. The first kappa shape index (κ1) is 23.1. The Morgan fingerprint density at radius 2 is 1.97 bits per heavy atom. The van der Waals surface area contributed by atoms with Crippen molar-refractivity contribution in [3.05, 3.63) is 55.9 Å². The number of thioether (sulfide) groups is 1. The number of amides is 2. The first-order valence-electron chi connectivity index (χ1n) is 11.8. The van der Waals surface area contributed by atoms with Crippen LogP contribution < -0.4 is 10.9 Å². The topological polar surface area (TPSA) is 95.2 Å². The minimum absolute atomic E-state index is 0.0288. The summed E-state index contributed by atoms with van der Waals surface area (Å²) < 4.78 is 0. The third-order valence-electron chi connectivity index (χ3n) is 6.58. The highest BCUT2D eigenvalue weighted by Crippen LogP contribution is 2.33. The number of hydrogen-bond acceptors (Lipinski definition) is 6. The zero-order chi connectivity index (χ0) is 23.7. The number of H-pyrrole nitrogens is 1. The minimum Gasteiger partial charge on any atom is -0.339 e. The number of anilines is 1. The molecule has 1 aliphatic heterocycles. The molecule has 34 heavy (non-hydrogen) atoms. The summed E-state index contributed by atoms with van der Waals surface area (Å²) in [7, 11) is 0. The van der Waals surface area contributed by atoms with E-state index in [1.807, 2.05) is 30.0 Å². The number of hydrogen-bond donors (Lipinski definition) is 2. The highest BCUT2D eigenvalue weighted by Gasteiger charge is 2.22. The summed E-state index contributed by atoms with van der Waals surface area (Å²) in [5.41, 5.74) is 3.20. The molecule has 3 heterocycles. The van der Waals surface area contributed by atoms with Crippen molar-refractivity contribution in [1.29, 1.82) is 0 Å². The Morgan fingerprint density at radius 3 is 2.79 bits per heavy atom. The molecule has 0 radical (unpaired) electrons. The van der Waals surface area contributed by atoms with Gasteiger partial charge in [0, 0.05) is 29.2 Å². The van der Waals surface area contributed by atoms with Gasteiger partial charge < -0.3 is 15.2 Å². The predicted octanol–water partition coefficient (Wildman–Crippen LogP) is 4.28. The van der Waals surface area contributed by atoms with E-state index in [1.54, 1.807) is 11.3 Å². The van der Waals surface area contributed by atoms with Crippen LogP contribution in [0, 0.1) is 6.92 Å². The number of aromatic amines is 1. The first-order valence-corrected chi connectivity index (χ1v) is 13.8. The molecule has 2 N–H and O–H groups in total. The molecule has 1 saturated heterocycles. The average Bonchev–Trinajstić information content (AvgIpc) is 3.48. The van der Waals surface area contributed by atoms with Crippen molar-refractivity contribution in [3.8, 4) is 0 Å². The Bertz CT molecular complexity index is 1310. The number of fused-ring (bicyclic) bond motifs is 3. The van der Waals surface area contributed by atoms with Gasteiger partial charge >= 0.3 is 0 Å². The summed E-state index contributed by atoms with van der Waals surface area (Å²) in [6.45, 7) is 3.46. The van der Waals surface area contributed by atoms with Gasteiger partial charge in [-0.2, -0.15) is 0 Å². The quantitative estimate of drug-likeness (QED) is 0.531. The number of aromatic nitrogens is 2. The molecule has 7 nitrogen and oxygen atoms in total. The lowest BCUT2D eigenvalue weighted by atomic mass is 9.97. The number of nitrogens with zero attached hydrogens (tertiary/aromatic N) is 2. The predicted molar refractivity (Wildman–Crippen MR) is 138 cm³/mol. The van der Waals surface area contributed by atoms with Crippen molar-refractivity contribution < 1.29 is 9.59 Å². The fourth-order valence-electron chi connectivity index (χ4n) is 4.80. The number of carbonyl (C=O) groups is 2. The molecule has 2 amide bonds. The summed E-state index contributed by atoms with van der Waals surface area (Å²) in [4.78, 5) is 49.6. The second-order valence-corrected chi connectivity index (χ2v) is 11.0. The first-order chi connectivity index (χ1) is 16.5. The summed E-state index contributed by atoms with van der Waals surface area (Å²) in [6.07, 6.45) is 6.37. The zero-order valence-electron chi connectivity index (χ0n) is 19.2. The lowest BCUT2D eigenvalue weighted by Crippen LogP contribution is -2.28. The number of nitrogens with one attached hydrogen (secondary N) is 2. The molecular weight excluding hydrogens is 468 g/mol. The van der Waals surface area contributed by atoms with Gasteiger partial charge in [0.15, 0.2) is 0 Å². The van der Waals surface area contributed by atoms with Crippen LogP contribution in [0.15, 0.2) is 23.0 Å². The molecule has 0 atom stereocenters. The monoisotopic (exact) mass is 496 g/mol. The van der Waals surface area contributed by atoms with Crippen molar-refractivity contribution in [1.82, 2.24) is 14.9 Å². The largest absolute Gasteiger partial charge is 0.339 e. The second-order valence-electron chi connectivity index (χ2n) is 8.92. The molecule has 1 aliphatic carbocycles. The summed E-state index contributed by atoms with van der Waals surface area (Å²) >= 11 is 3.04. The molecule has 0 unspecified atom stereocenters. The number of rotatable bonds is 6. The van der Waals surface area contributed by atoms with Crippen LogP contribution in [0.4, 0.5) is 5.69 Å². The van der Waals surface area contributed by atoms with Crippen LogP contribution in [0.5, 0.6) is 0 Å². The van der Waals surface area contributed by atoms with E-state index in [1.165, 1.54) is 28.6 Å². The maximum atomic E-state index is 12.8. The van der Waals surface area contributed by atoms with Crippen LogP contribution in [0.1, 0.15) is 57.9 Å². The van der Waals surface area contributed by atoms with Gasteiger partial charge in [-0.3, -0.25) is 14.4 Å². The minimum atomic E-state index is -0.145. The summed E-state index contributed by atoms with van der Waals surface area (Å²) in [5.74, 6) is 1.17. The van der Waals surface area contributed by atoms with E-state index in [0.717, 1.165) is 61.0 Å². The van der Waals surface area contributed by atoms with E-state index in [0.29, 0.717) is 22.8 Å². The smallest absolute Gasteiger partial charge is 0.259 e. The molecule has 2 aliphatic rings. The van der Waals surface area contributed by atoms with Gasteiger partial charge in [0.05, 0.1) is 16.9 Å². The van der Waals surface area contributed by atoms with Crippen molar-refractivity contribution in [2.24, 2.45) is 0 Å². The molecule has 0 saturated carbocycles. The number of carbonyl (C=O) groups excluding carboxylic acids is 2. The van der Waals surface area contributed by atoms with Crippen LogP contribution in [0.25, 0.3) is 10.2 Å². The molecule has 1 aromatic carbocycles. The number of thiophene rings is 1. The molecule has 3 aromatic rings. The van der Waals surface area contributed by atoms with Gasteiger partial charge in [-0.05, 0) is 68.7 Å². The molecular formula is C25H28N4O3S2. The third kappa shape index (κ3) is 4.63. The number of aryl methyl sites for hydroxylation is 2. The van der Waals surface area contributed by atoms with Crippen molar-refractivity contribution >= 4 is 50.8 Å². The van der Waals surface area contributed by atoms with Crippen molar-refractivity contribution in [3.63, 3.8) is 0 Å². The maximum Gasteiger partial charge on any atom is 0.259 e. The Labute approximate surface area is 206 Å². The SMILES string of the molecule is Cc1c(NC(=O)CSCc2nc3sc4c(c3c(=O)[nH]2)CCCC4)cccc1C(=O)N1CCCC1. The molecule has 9 heteroatoms. The Kier molecular flexibility index (Phi) is 6.74. The Morgan fingerprint density at radius 1 is 1.18 bits per heavy atom. The van der Waals surface area contributed by atoms with Crippen LogP contribution in [-0.2, 0) is 23.4 Å². The van der Waals surface area contributed by atoms with Gasteiger partial charge in [-0.15, -0.1) is 23.1 Å². The Hall–Kier alpha value is -2.65. The standard InChI is InChI=1S/C25H28N4O3S2/c1-15-16(25(32)29-11-4-5-12-29)8-6-9-18(15)26-21(30)14-33-13-20-27-23(31)22-17-7-2-3-10-19(17)34-24(22)28-20/h6,8-9H,2-5,7,10-14H2,1H3,(H,26,30)(H,27,28,31). The van der Waals surface area contributed by atoms with E-state index >= 15 is 0 Å². The molecule has 0 spiro atoms. The van der Waals surface area contributed by atoms with E-state index in [9.17, 15) is 14.4 Å².